The van der Waals surface area contributed by atoms with Gasteiger partial charge in [0.1, 0.15) is 0 Å². The quantitative estimate of drug-likeness (QED) is 0.652. The predicted octanol–water partition coefficient (Wildman–Crippen LogP) is 3.34. The van der Waals surface area contributed by atoms with Crippen LogP contribution in [0.2, 0.25) is 0 Å². The van der Waals surface area contributed by atoms with E-state index in [2.05, 4.69) is 9.80 Å². The van der Waals surface area contributed by atoms with E-state index in [0.29, 0.717) is 31.8 Å². The van der Waals surface area contributed by atoms with E-state index in [1.54, 1.807) is 4.31 Å². The Morgan fingerprint density at radius 2 is 1.44 bits per heavy atom. The third-order valence-electron chi connectivity index (χ3n) is 7.53. The molecule has 3 fully saturated rings. The fourth-order valence-electron chi connectivity index (χ4n) is 5.54. The average Bonchev–Trinajstić information content (AvgIpc) is 3.08. The van der Waals surface area contributed by atoms with Crippen molar-refractivity contribution in [3.8, 4) is 0 Å². The minimum Gasteiger partial charge on any atom is -0.342 e. The van der Waals surface area contributed by atoms with Gasteiger partial charge in [-0.2, -0.15) is 0 Å². The highest BCUT2D eigenvalue weighted by molar-refractivity contribution is 7.88. The van der Waals surface area contributed by atoms with Gasteiger partial charge in [0.2, 0.25) is 15.9 Å². The van der Waals surface area contributed by atoms with Crippen LogP contribution in [0.4, 0.5) is 0 Å². The van der Waals surface area contributed by atoms with E-state index in [0.717, 1.165) is 31.5 Å². The van der Waals surface area contributed by atoms with Gasteiger partial charge in [0.15, 0.2) is 0 Å². The molecule has 178 valence electrons. The molecule has 0 aliphatic carbocycles. The molecule has 4 rings (SSSR count). The first-order chi connectivity index (χ1) is 15.5. The highest BCUT2D eigenvalue weighted by atomic mass is 32.2. The Morgan fingerprint density at radius 1 is 0.812 bits per heavy atom. The summed E-state index contributed by atoms with van der Waals surface area (Å²) in [6.45, 7) is 6.32. The van der Waals surface area contributed by atoms with Crippen LogP contribution < -0.4 is 0 Å². The van der Waals surface area contributed by atoms with E-state index in [-0.39, 0.29) is 17.6 Å². The number of benzene rings is 1. The van der Waals surface area contributed by atoms with Crippen molar-refractivity contribution < 1.29 is 13.2 Å². The van der Waals surface area contributed by atoms with Crippen molar-refractivity contribution in [3.63, 3.8) is 0 Å². The fraction of sp³-hybridized carbons (Fsp3) is 0.720. The molecule has 0 spiro atoms. The molecule has 3 aliphatic heterocycles. The Kier molecular flexibility index (Phi) is 8.24. The number of carbonyl (C=O) groups excluding carboxylic acids is 1. The molecule has 7 heteroatoms. The molecule has 32 heavy (non-hydrogen) atoms. The van der Waals surface area contributed by atoms with Gasteiger partial charge in [-0.25, -0.2) is 12.7 Å². The summed E-state index contributed by atoms with van der Waals surface area (Å²) in [5.74, 6) is 0.970. The van der Waals surface area contributed by atoms with Crippen molar-refractivity contribution in [2.24, 2.45) is 11.8 Å². The third-order valence-corrected chi connectivity index (χ3v) is 9.38. The fourth-order valence-corrected chi connectivity index (χ4v) is 7.10. The summed E-state index contributed by atoms with van der Waals surface area (Å²) < 4.78 is 27.1. The van der Waals surface area contributed by atoms with Gasteiger partial charge < -0.3 is 9.80 Å². The van der Waals surface area contributed by atoms with Gasteiger partial charge in [-0.15, -0.1) is 0 Å². The first-order valence-electron chi connectivity index (χ1n) is 12.5. The molecule has 6 nitrogen and oxygen atoms in total. The lowest BCUT2D eigenvalue weighted by Crippen LogP contribution is -2.47. The Balaban J connectivity index is 1.21. The second-order valence-corrected chi connectivity index (χ2v) is 11.9. The van der Waals surface area contributed by atoms with E-state index in [4.69, 9.17) is 0 Å². The lowest BCUT2D eigenvalue weighted by molar-refractivity contribution is -0.138. The molecule has 0 N–H and O–H groups in total. The van der Waals surface area contributed by atoms with E-state index in [1.807, 2.05) is 30.3 Å². The monoisotopic (exact) mass is 461 g/mol. The zero-order valence-electron chi connectivity index (χ0n) is 19.3. The highest BCUT2D eigenvalue weighted by Gasteiger charge is 2.34. The molecular weight excluding hydrogens is 422 g/mol. The van der Waals surface area contributed by atoms with Crippen LogP contribution in [0, 0.1) is 11.8 Å². The van der Waals surface area contributed by atoms with Gasteiger partial charge >= 0.3 is 0 Å². The second-order valence-electron chi connectivity index (χ2n) is 9.90. The number of sulfonamides is 1. The maximum absolute atomic E-state index is 13.1. The molecule has 0 unspecified atom stereocenters. The minimum absolute atomic E-state index is 0.0275. The predicted molar refractivity (Wildman–Crippen MR) is 128 cm³/mol. The van der Waals surface area contributed by atoms with E-state index >= 15 is 0 Å². The molecule has 0 atom stereocenters. The molecule has 0 aromatic heterocycles. The van der Waals surface area contributed by atoms with Crippen LogP contribution in [0.3, 0.4) is 0 Å². The van der Waals surface area contributed by atoms with Crippen molar-refractivity contribution in [1.29, 1.82) is 0 Å². The maximum atomic E-state index is 13.1. The topological polar surface area (TPSA) is 60.9 Å². The number of carbonyl (C=O) groups is 1. The third kappa shape index (κ3) is 6.33. The normalized spacial score (nSPS) is 23.2. The molecular formula is C25H39N3O3S. The summed E-state index contributed by atoms with van der Waals surface area (Å²) >= 11 is 0. The zero-order chi connectivity index (χ0) is 22.4. The summed E-state index contributed by atoms with van der Waals surface area (Å²) in [5.41, 5.74) is 0.814. The number of piperidine rings is 2. The zero-order valence-corrected chi connectivity index (χ0v) is 20.1. The number of rotatable bonds is 6. The smallest absolute Gasteiger partial charge is 0.225 e. The lowest BCUT2D eigenvalue weighted by atomic mass is 9.92. The number of amides is 1. The van der Waals surface area contributed by atoms with E-state index in [1.165, 1.54) is 45.3 Å². The standard InChI is InChI=1S/C25H39N3O3S/c29-25(27-16-10-22(11-17-27)20-26-14-6-1-2-7-15-26)24-12-18-28(19-13-24)32(30,31)21-23-8-4-3-5-9-23/h3-5,8-9,22,24H,1-2,6-7,10-21H2. The molecule has 1 amide bonds. The van der Waals surface area contributed by atoms with Crippen molar-refractivity contribution in [2.75, 3.05) is 45.8 Å². The van der Waals surface area contributed by atoms with E-state index < -0.39 is 10.0 Å². The molecule has 1 aromatic carbocycles. The summed E-state index contributed by atoms with van der Waals surface area (Å²) in [5, 5.41) is 0. The van der Waals surface area contributed by atoms with Crippen LogP contribution in [0.5, 0.6) is 0 Å². The van der Waals surface area contributed by atoms with Crippen LogP contribution in [0.15, 0.2) is 30.3 Å². The van der Waals surface area contributed by atoms with Gasteiger partial charge in [0.05, 0.1) is 5.75 Å². The van der Waals surface area contributed by atoms with Gasteiger partial charge in [-0.1, -0.05) is 43.2 Å². The number of hydrogen-bond donors (Lipinski definition) is 0. The van der Waals surface area contributed by atoms with E-state index in [9.17, 15) is 13.2 Å². The van der Waals surface area contributed by atoms with Gasteiger partial charge in [0.25, 0.3) is 0 Å². The Hall–Kier alpha value is -1.44. The molecule has 0 radical (unpaired) electrons. The molecule has 3 saturated heterocycles. The summed E-state index contributed by atoms with van der Waals surface area (Å²) in [6, 6.07) is 9.33. The second kappa shape index (κ2) is 11.1. The van der Waals surface area contributed by atoms with Crippen molar-refractivity contribution in [1.82, 2.24) is 14.1 Å². The number of nitrogens with zero attached hydrogens (tertiary/aromatic N) is 3. The minimum atomic E-state index is -3.33. The van der Waals surface area contributed by atoms with Crippen LogP contribution >= 0.6 is 0 Å². The highest BCUT2D eigenvalue weighted by Crippen LogP contribution is 2.26. The summed E-state index contributed by atoms with van der Waals surface area (Å²) in [7, 11) is -3.33. The van der Waals surface area contributed by atoms with Crippen LogP contribution in [0.25, 0.3) is 0 Å². The number of hydrogen-bond acceptors (Lipinski definition) is 4. The van der Waals surface area contributed by atoms with Crippen LogP contribution in [-0.4, -0.2) is 74.2 Å². The molecule has 0 bridgehead atoms. The van der Waals surface area contributed by atoms with Gasteiger partial charge in [-0.3, -0.25) is 4.79 Å². The van der Waals surface area contributed by atoms with Crippen LogP contribution in [-0.2, 0) is 20.6 Å². The molecule has 3 heterocycles. The van der Waals surface area contributed by atoms with Crippen molar-refractivity contribution in [2.45, 2.75) is 57.1 Å². The largest absolute Gasteiger partial charge is 0.342 e. The molecule has 0 saturated carbocycles. The SMILES string of the molecule is O=C(C1CCN(S(=O)(=O)Cc2ccccc2)CC1)N1CCC(CN2CCCCCC2)CC1. The Labute approximate surface area is 194 Å². The van der Waals surface area contributed by atoms with Gasteiger partial charge in [-0.05, 0) is 63.1 Å². The Bertz CT molecular complexity index is 821. The average molecular weight is 462 g/mol. The summed E-state index contributed by atoms with van der Waals surface area (Å²) in [6.07, 6.45) is 8.89. The molecule has 3 aliphatic rings. The lowest BCUT2D eigenvalue weighted by Gasteiger charge is -2.38. The number of likely N-dealkylation sites (tertiary alicyclic amines) is 2. The molecule has 1 aromatic rings. The van der Waals surface area contributed by atoms with Crippen molar-refractivity contribution in [3.05, 3.63) is 35.9 Å². The first-order valence-corrected chi connectivity index (χ1v) is 14.1. The maximum Gasteiger partial charge on any atom is 0.225 e. The van der Waals surface area contributed by atoms with Crippen LogP contribution in [0.1, 0.15) is 56.9 Å². The first kappa shape index (κ1) is 23.7. The Morgan fingerprint density at radius 3 is 2.06 bits per heavy atom. The summed E-state index contributed by atoms with van der Waals surface area (Å²) in [4.78, 5) is 17.8. The van der Waals surface area contributed by atoms with Gasteiger partial charge in [0, 0.05) is 38.6 Å². The van der Waals surface area contributed by atoms with Crippen molar-refractivity contribution >= 4 is 15.9 Å².